The zero-order chi connectivity index (χ0) is 19.8. The van der Waals surface area contributed by atoms with Crippen LogP contribution in [0.5, 0.6) is 5.75 Å². The van der Waals surface area contributed by atoms with Gasteiger partial charge < -0.3 is 9.64 Å². The average Bonchev–Trinajstić information content (AvgIpc) is 3.21. The van der Waals surface area contributed by atoms with Gasteiger partial charge in [0.15, 0.2) is 0 Å². The zero-order valence-electron chi connectivity index (χ0n) is 16.1. The standard InChI is InChI=1S/C22H22ClN3O2/c1-13(2)12-26-21(15-5-4-6-16(23)11-15)18-19(24-25-20(18)22(26)27)14-7-9-17(28-3)10-8-14/h4-11,13,21H,12H2,1-3H3,(H,24,25). The molecule has 3 aromatic rings. The van der Waals surface area contributed by atoms with Gasteiger partial charge in [0.05, 0.1) is 18.8 Å². The summed E-state index contributed by atoms with van der Waals surface area (Å²) in [6.45, 7) is 4.87. The number of benzene rings is 2. The average molecular weight is 396 g/mol. The molecule has 1 aromatic heterocycles. The summed E-state index contributed by atoms with van der Waals surface area (Å²) in [4.78, 5) is 15.1. The first-order valence-electron chi connectivity index (χ1n) is 9.28. The van der Waals surface area contributed by atoms with Crippen molar-refractivity contribution in [1.82, 2.24) is 15.1 Å². The third-order valence-electron chi connectivity index (χ3n) is 4.95. The molecule has 1 amide bonds. The number of hydrogen-bond donors (Lipinski definition) is 1. The number of H-pyrrole nitrogens is 1. The quantitative estimate of drug-likeness (QED) is 0.665. The van der Waals surface area contributed by atoms with Crippen molar-refractivity contribution in [3.05, 3.63) is 70.4 Å². The number of nitrogens with zero attached hydrogens (tertiary/aromatic N) is 2. The first kappa shape index (κ1) is 18.6. The fourth-order valence-corrected chi connectivity index (χ4v) is 3.97. The molecule has 144 valence electrons. The van der Waals surface area contributed by atoms with E-state index in [1.807, 2.05) is 53.4 Å². The molecule has 0 aliphatic carbocycles. The highest BCUT2D eigenvalue weighted by molar-refractivity contribution is 6.30. The molecule has 0 radical (unpaired) electrons. The van der Waals surface area contributed by atoms with Crippen LogP contribution in [0.25, 0.3) is 11.3 Å². The summed E-state index contributed by atoms with van der Waals surface area (Å²) in [7, 11) is 1.64. The van der Waals surface area contributed by atoms with Crippen molar-refractivity contribution in [2.75, 3.05) is 13.7 Å². The van der Waals surface area contributed by atoms with Gasteiger partial charge in [-0.3, -0.25) is 9.89 Å². The van der Waals surface area contributed by atoms with E-state index in [2.05, 4.69) is 24.0 Å². The number of aromatic nitrogens is 2. The number of carbonyl (C=O) groups is 1. The van der Waals surface area contributed by atoms with E-state index in [1.165, 1.54) is 0 Å². The first-order valence-corrected chi connectivity index (χ1v) is 9.66. The summed E-state index contributed by atoms with van der Waals surface area (Å²) >= 11 is 6.26. The predicted octanol–water partition coefficient (Wildman–Crippen LogP) is 4.94. The smallest absolute Gasteiger partial charge is 0.273 e. The molecule has 2 heterocycles. The normalized spacial score (nSPS) is 16.0. The topological polar surface area (TPSA) is 58.2 Å². The van der Waals surface area contributed by atoms with Crippen molar-refractivity contribution in [2.24, 2.45) is 5.92 Å². The predicted molar refractivity (Wildman–Crippen MR) is 110 cm³/mol. The summed E-state index contributed by atoms with van der Waals surface area (Å²) in [5.41, 5.74) is 4.15. The lowest BCUT2D eigenvalue weighted by molar-refractivity contribution is 0.0722. The van der Waals surface area contributed by atoms with Crippen LogP contribution in [0.4, 0.5) is 0 Å². The second kappa shape index (κ2) is 7.32. The van der Waals surface area contributed by atoms with Gasteiger partial charge in [0.25, 0.3) is 5.91 Å². The summed E-state index contributed by atoms with van der Waals surface area (Å²) in [6.07, 6.45) is 0. The molecule has 1 aliphatic rings. The zero-order valence-corrected chi connectivity index (χ0v) is 16.8. The molecule has 5 nitrogen and oxygen atoms in total. The van der Waals surface area contributed by atoms with Crippen molar-refractivity contribution >= 4 is 17.5 Å². The van der Waals surface area contributed by atoms with Crippen molar-refractivity contribution in [1.29, 1.82) is 0 Å². The fourth-order valence-electron chi connectivity index (χ4n) is 3.77. The van der Waals surface area contributed by atoms with Gasteiger partial charge in [0, 0.05) is 22.7 Å². The Morgan fingerprint density at radius 1 is 1.21 bits per heavy atom. The number of halogens is 1. The van der Waals surface area contributed by atoms with Crippen molar-refractivity contribution in [3.8, 4) is 17.0 Å². The maximum absolute atomic E-state index is 13.1. The Balaban J connectivity index is 1.86. The minimum atomic E-state index is -0.223. The largest absolute Gasteiger partial charge is 0.497 e. The molecule has 1 unspecified atom stereocenters. The number of hydrogen-bond acceptors (Lipinski definition) is 3. The van der Waals surface area contributed by atoms with E-state index >= 15 is 0 Å². The Morgan fingerprint density at radius 3 is 2.61 bits per heavy atom. The summed E-state index contributed by atoms with van der Waals surface area (Å²) < 4.78 is 5.26. The molecule has 4 rings (SSSR count). The number of fused-ring (bicyclic) bond motifs is 1. The molecule has 1 N–H and O–H groups in total. The molecular weight excluding hydrogens is 374 g/mol. The molecule has 1 atom stereocenters. The van der Waals surface area contributed by atoms with Gasteiger partial charge in [-0.2, -0.15) is 5.10 Å². The highest BCUT2D eigenvalue weighted by atomic mass is 35.5. The maximum Gasteiger partial charge on any atom is 0.273 e. The van der Waals surface area contributed by atoms with Crippen molar-refractivity contribution in [2.45, 2.75) is 19.9 Å². The van der Waals surface area contributed by atoms with Crippen molar-refractivity contribution in [3.63, 3.8) is 0 Å². The molecular formula is C22H22ClN3O2. The fraction of sp³-hybridized carbons (Fsp3) is 0.273. The van der Waals surface area contributed by atoms with E-state index in [1.54, 1.807) is 7.11 Å². The SMILES string of the molecule is COc1ccc(-c2n[nH]c3c2C(c2cccc(Cl)c2)N(CC(C)C)C3=O)cc1. The molecule has 1 aliphatic heterocycles. The minimum absolute atomic E-state index is 0.0269. The third-order valence-corrected chi connectivity index (χ3v) is 5.19. The second-order valence-corrected chi connectivity index (χ2v) is 7.83. The van der Waals surface area contributed by atoms with Gasteiger partial charge in [-0.05, 0) is 47.9 Å². The number of aromatic amines is 1. The van der Waals surface area contributed by atoms with Crippen LogP contribution in [-0.2, 0) is 0 Å². The molecule has 6 heteroatoms. The second-order valence-electron chi connectivity index (χ2n) is 7.40. The van der Waals surface area contributed by atoms with E-state index in [-0.39, 0.29) is 11.9 Å². The van der Waals surface area contributed by atoms with Gasteiger partial charge >= 0.3 is 0 Å². The number of rotatable bonds is 5. The van der Waals surface area contributed by atoms with Crippen LogP contribution in [0.15, 0.2) is 48.5 Å². The number of methoxy groups -OCH3 is 1. The monoisotopic (exact) mass is 395 g/mol. The van der Waals surface area contributed by atoms with Crippen LogP contribution in [-0.4, -0.2) is 34.7 Å². The number of amides is 1. The van der Waals surface area contributed by atoms with Crippen LogP contribution >= 0.6 is 11.6 Å². The van der Waals surface area contributed by atoms with E-state index < -0.39 is 0 Å². The third kappa shape index (κ3) is 3.16. The van der Waals surface area contributed by atoms with Crippen LogP contribution < -0.4 is 4.74 Å². The first-order chi connectivity index (χ1) is 13.5. The van der Waals surface area contributed by atoms with E-state index in [0.717, 1.165) is 28.1 Å². The number of nitrogens with one attached hydrogen (secondary N) is 1. The van der Waals surface area contributed by atoms with Gasteiger partial charge in [-0.15, -0.1) is 0 Å². The molecule has 0 saturated heterocycles. The minimum Gasteiger partial charge on any atom is -0.497 e. The molecule has 2 aromatic carbocycles. The summed E-state index contributed by atoms with van der Waals surface area (Å²) in [5.74, 6) is 1.09. The number of carbonyl (C=O) groups excluding carboxylic acids is 1. The van der Waals surface area contributed by atoms with Crippen LogP contribution in [0, 0.1) is 5.92 Å². The Hall–Kier alpha value is -2.79. The molecule has 0 spiro atoms. The van der Waals surface area contributed by atoms with Crippen LogP contribution in [0.1, 0.15) is 41.5 Å². The summed E-state index contributed by atoms with van der Waals surface area (Å²) in [6, 6.07) is 15.2. The van der Waals surface area contributed by atoms with Gasteiger partial charge in [0.1, 0.15) is 11.4 Å². The Bertz CT molecular complexity index is 1010. The lowest BCUT2D eigenvalue weighted by atomic mass is 9.95. The summed E-state index contributed by atoms with van der Waals surface area (Å²) in [5, 5.41) is 8.11. The van der Waals surface area contributed by atoms with E-state index in [9.17, 15) is 4.79 Å². The molecule has 0 saturated carbocycles. The molecule has 28 heavy (non-hydrogen) atoms. The Morgan fingerprint density at radius 2 is 1.96 bits per heavy atom. The lowest BCUT2D eigenvalue weighted by Crippen LogP contribution is -2.32. The highest BCUT2D eigenvalue weighted by Crippen LogP contribution is 2.43. The van der Waals surface area contributed by atoms with Crippen LogP contribution in [0.2, 0.25) is 5.02 Å². The highest BCUT2D eigenvalue weighted by Gasteiger charge is 2.42. The van der Waals surface area contributed by atoms with Crippen molar-refractivity contribution < 1.29 is 9.53 Å². The lowest BCUT2D eigenvalue weighted by Gasteiger charge is -2.28. The van der Waals surface area contributed by atoms with E-state index in [0.29, 0.717) is 23.2 Å². The maximum atomic E-state index is 13.1. The molecule has 0 bridgehead atoms. The van der Waals surface area contributed by atoms with Gasteiger partial charge in [-0.1, -0.05) is 37.6 Å². The van der Waals surface area contributed by atoms with Gasteiger partial charge in [-0.25, -0.2) is 0 Å². The Kier molecular flexibility index (Phi) is 4.85. The Labute approximate surface area is 169 Å². The molecule has 0 fully saturated rings. The number of ether oxygens (including phenoxy) is 1. The van der Waals surface area contributed by atoms with Crippen LogP contribution in [0.3, 0.4) is 0 Å². The van der Waals surface area contributed by atoms with E-state index in [4.69, 9.17) is 16.3 Å². The van der Waals surface area contributed by atoms with Gasteiger partial charge in [0.2, 0.25) is 0 Å².